The van der Waals surface area contributed by atoms with Gasteiger partial charge in [0.2, 0.25) is 11.5 Å². The second-order valence-corrected chi connectivity index (χ2v) is 14.2. The summed E-state index contributed by atoms with van der Waals surface area (Å²) in [5.74, 6) is 1.71. The Morgan fingerprint density at radius 3 is 2.24 bits per heavy atom. The van der Waals surface area contributed by atoms with Crippen LogP contribution in [0.25, 0.3) is 61.7 Å². The van der Waals surface area contributed by atoms with Crippen LogP contribution in [-0.4, -0.2) is 24.5 Å². The van der Waals surface area contributed by atoms with E-state index in [1.165, 1.54) is 5.56 Å². The molecule has 50 heavy (non-hydrogen) atoms. The summed E-state index contributed by atoms with van der Waals surface area (Å²) in [6, 6.07) is 35.5. The molecular weight excluding hydrogens is 797 g/mol. The Balaban J connectivity index is 0.000000281. The van der Waals surface area contributed by atoms with Gasteiger partial charge in [-0.2, -0.15) is 0 Å². The van der Waals surface area contributed by atoms with Gasteiger partial charge in [0.15, 0.2) is 0 Å². The number of aromatic nitrogens is 6. The normalized spacial score (nSPS) is 11.7. The van der Waals surface area contributed by atoms with Gasteiger partial charge < -0.3 is 13.6 Å². The van der Waals surface area contributed by atoms with E-state index in [1.807, 2.05) is 90.6 Å². The van der Waals surface area contributed by atoms with Crippen molar-refractivity contribution < 1.29 is 29.1 Å². The monoisotopic (exact) mass is 836 g/mol. The molecule has 2 aromatic carbocycles. The van der Waals surface area contributed by atoms with Crippen molar-refractivity contribution in [1.29, 1.82) is 0 Å². The summed E-state index contributed by atoms with van der Waals surface area (Å²) in [6.45, 7) is 13.3. The third-order valence-corrected chi connectivity index (χ3v) is 8.58. The van der Waals surface area contributed by atoms with Crippen LogP contribution in [0.1, 0.15) is 52.8 Å². The number of benzene rings is 2. The zero-order chi connectivity index (χ0) is 34.3. The number of rotatable bonds is 3. The van der Waals surface area contributed by atoms with Gasteiger partial charge in [-0.25, -0.2) is 4.98 Å². The molecule has 8 aromatic rings. The van der Waals surface area contributed by atoms with Crippen LogP contribution in [0.15, 0.2) is 114 Å². The van der Waals surface area contributed by atoms with E-state index in [0.29, 0.717) is 5.71 Å². The molecule has 0 spiro atoms. The number of para-hydroxylation sites is 2. The molecule has 0 saturated heterocycles. The molecule has 0 fully saturated rings. The summed E-state index contributed by atoms with van der Waals surface area (Å²) in [5.41, 5.74) is 8.07. The Bertz CT molecular complexity index is 2350. The number of nitrogens with zero attached hydrogens (tertiary/aromatic N) is 6. The first-order chi connectivity index (χ1) is 23.5. The first-order valence-electron chi connectivity index (χ1n) is 16.5. The standard InChI is InChI=1S/C32H31N4O.C10H8N2.Ir/c1-31(2,3)19-17-25(33-27(18-19)32(4,5)6)23-16-15-21-20-11-10-12-22(28(20)37-30(21)35-23)29-34-24-13-8-9-14-26(24)36(29)7;1-4-8-12(9-5-1)10-6-2-3-7-11-10;/h8-11,13-18H,1-7H3;1-8H;/q-1;;. The third kappa shape index (κ3) is 6.87. The zero-order valence-corrected chi connectivity index (χ0v) is 31.7. The minimum atomic E-state index is -0.0736. The van der Waals surface area contributed by atoms with Crippen LogP contribution < -0.4 is 4.57 Å². The quantitative estimate of drug-likeness (QED) is 0.131. The molecule has 0 aliphatic heterocycles. The van der Waals surface area contributed by atoms with Crippen molar-refractivity contribution in [3.05, 3.63) is 133 Å². The van der Waals surface area contributed by atoms with Crippen molar-refractivity contribution in [1.82, 2.24) is 24.5 Å². The fraction of sp³-hybridized carbons (Fsp3) is 0.214. The van der Waals surface area contributed by atoms with Gasteiger partial charge in [-0.3, -0.25) is 9.97 Å². The first-order valence-corrected chi connectivity index (χ1v) is 16.5. The molecule has 0 unspecified atom stereocenters. The molecule has 6 heterocycles. The number of pyridine rings is 4. The van der Waals surface area contributed by atoms with Crippen LogP contribution in [0.5, 0.6) is 0 Å². The second kappa shape index (κ2) is 13.7. The number of aryl methyl sites for hydroxylation is 1. The van der Waals surface area contributed by atoms with E-state index in [1.54, 1.807) is 6.20 Å². The molecule has 7 nitrogen and oxygen atoms in total. The Morgan fingerprint density at radius 2 is 1.54 bits per heavy atom. The van der Waals surface area contributed by atoms with E-state index >= 15 is 0 Å². The predicted octanol–water partition coefficient (Wildman–Crippen LogP) is 9.15. The number of fused-ring (bicyclic) bond motifs is 4. The van der Waals surface area contributed by atoms with Gasteiger partial charge in [0, 0.05) is 56.0 Å². The zero-order valence-electron chi connectivity index (χ0n) is 29.3. The van der Waals surface area contributed by atoms with E-state index in [2.05, 4.69) is 87.6 Å². The molecule has 0 aliphatic rings. The van der Waals surface area contributed by atoms with Gasteiger partial charge in [0.25, 0.3) is 0 Å². The number of hydrogen-bond donors (Lipinski definition) is 0. The van der Waals surface area contributed by atoms with Gasteiger partial charge in [-0.15, -0.1) is 36.4 Å². The van der Waals surface area contributed by atoms with E-state index in [0.717, 1.165) is 61.7 Å². The van der Waals surface area contributed by atoms with Gasteiger partial charge >= 0.3 is 0 Å². The van der Waals surface area contributed by atoms with Crippen molar-refractivity contribution >= 4 is 33.1 Å². The maximum Gasteiger partial charge on any atom is 0.247 e. The average molecular weight is 836 g/mol. The number of imidazole rings is 1. The SMILES string of the molecule is Cn1c(-c2[c-]ccc3c2oc2nc(-c4cc(C(C)(C)C)cc(C(C)(C)C)n4)ccc23)nc2ccccc21.[Ir].[c-]1cccc[n+]1-c1ccccn1. The van der Waals surface area contributed by atoms with E-state index < -0.39 is 0 Å². The molecule has 253 valence electrons. The fourth-order valence-electron chi connectivity index (χ4n) is 5.78. The molecule has 0 N–H and O–H groups in total. The van der Waals surface area contributed by atoms with Gasteiger partial charge in [-0.1, -0.05) is 75.7 Å². The second-order valence-electron chi connectivity index (χ2n) is 14.2. The van der Waals surface area contributed by atoms with Crippen LogP contribution in [0.4, 0.5) is 0 Å². The summed E-state index contributed by atoms with van der Waals surface area (Å²) in [7, 11) is 2.02. The van der Waals surface area contributed by atoms with Gasteiger partial charge in [0.05, 0.1) is 33.8 Å². The van der Waals surface area contributed by atoms with Crippen LogP contribution in [0.3, 0.4) is 0 Å². The summed E-state index contributed by atoms with van der Waals surface area (Å²) in [5, 5.41) is 1.97. The molecule has 8 heteroatoms. The number of hydrogen-bond acceptors (Lipinski definition) is 5. The molecule has 1 radical (unpaired) electrons. The molecule has 0 bridgehead atoms. The maximum atomic E-state index is 6.42. The van der Waals surface area contributed by atoms with Crippen molar-refractivity contribution in [2.75, 3.05) is 0 Å². The summed E-state index contributed by atoms with van der Waals surface area (Å²) in [4.78, 5) is 19.0. The Morgan fingerprint density at radius 1 is 0.740 bits per heavy atom. The van der Waals surface area contributed by atoms with Crippen LogP contribution in [0.2, 0.25) is 0 Å². The number of furan rings is 1. The van der Waals surface area contributed by atoms with Crippen molar-refractivity contribution in [2.24, 2.45) is 7.05 Å². The minimum Gasteiger partial charge on any atom is -0.486 e. The first kappa shape index (κ1) is 34.8. The topological polar surface area (TPSA) is 73.5 Å². The maximum absolute atomic E-state index is 6.42. The molecule has 6 aromatic heterocycles. The van der Waals surface area contributed by atoms with E-state index in [9.17, 15) is 0 Å². The Hall–Kier alpha value is -5.04. The van der Waals surface area contributed by atoms with Crippen LogP contribution >= 0.6 is 0 Å². The van der Waals surface area contributed by atoms with Crippen molar-refractivity contribution in [3.63, 3.8) is 0 Å². The largest absolute Gasteiger partial charge is 0.486 e. The molecular formula is C42H39IrN6O-. The summed E-state index contributed by atoms with van der Waals surface area (Å²) in [6.07, 6.45) is 6.72. The minimum absolute atomic E-state index is 0. The smallest absolute Gasteiger partial charge is 0.247 e. The molecule has 0 aliphatic carbocycles. The molecule has 0 saturated carbocycles. The van der Waals surface area contributed by atoms with Gasteiger partial charge in [-0.05, 0) is 59.5 Å². The van der Waals surface area contributed by atoms with Gasteiger partial charge in [0.1, 0.15) is 6.20 Å². The summed E-state index contributed by atoms with van der Waals surface area (Å²) < 4.78 is 10.4. The third-order valence-electron chi connectivity index (χ3n) is 8.58. The Kier molecular flexibility index (Phi) is 9.54. The fourth-order valence-corrected chi connectivity index (χ4v) is 5.78. The van der Waals surface area contributed by atoms with Crippen LogP contribution in [-0.2, 0) is 38.0 Å². The van der Waals surface area contributed by atoms with Crippen molar-refractivity contribution in [2.45, 2.75) is 52.4 Å². The van der Waals surface area contributed by atoms with E-state index in [4.69, 9.17) is 19.4 Å². The molecule has 8 rings (SSSR count). The average Bonchev–Trinajstić information content (AvgIpc) is 3.65. The summed E-state index contributed by atoms with van der Waals surface area (Å²) >= 11 is 0. The predicted molar refractivity (Wildman–Crippen MR) is 195 cm³/mol. The van der Waals surface area contributed by atoms with Crippen LogP contribution in [0, 0.1) is 12.3 Å². The molecule has 0 atom stereocenters. The van der Waals surface area contributed by atoms with E-state index in [-0.39, 0.29) is 30.9 Å². The Labute approximate surface area is 306 Å². The van der Waals surface area contributed by atoms with Crippen molar-refractivity contribution in [3.8, 4) is 28.6 Å². The molecule has 0 amide bonds.